The van der Waals surface area contributed by atoms with E-state index in [1.54, 1.807) is 4.90 Å². The Bertz CT molecular complexity index is 1080. The van der Waals surface area contributed by atoms with Gasteiger partial charge < -0.3 is 19.7 Å². The predicted octanol–water partition coefficient (Wildman–Crippen LogP) is 4.55. The Morgan fingerprint density at radius 2 is 1.41 bits per heavy atom. The van der Waals surface area contributed by atoms with Crippen molar-refractivity contribution in [1.82, 2.24) is 10.2 Å². The summed E-state index contributed by atoms with van der Waals surface area (Å²) in [4.78, 5) is 26.1. The zero-order valence-electron chi connectivity index (χ0n) is 17.6. The Hall–Kier alpha value is -3.80. The molecule has 0 atom stereocenters. The van der Waals surface area contributed by atoms with E-state index in [0.717, 1.165) is 5.56 Å². The average molecular weight is 428 g/mol. The molecule has 0 unspecified atom stereocenters. The highest BCUT2D eigenvalue weighted by Gasteiger charge is 2.35. The first-order valence-electron chi connectivity index (χ1n) is 10.8. The Kier molecular flexibility index (Phi) is 5.50. The number of ether oxygens (including phenoxy) is 2. The number of nitrogens with one attached hydrogen (secondary N) is 1. The minimum absolute atomic E-state index is 0.0366. The van der Waals surface area contributed by atoms with Crippen molar-refractivity contribution in [1.29, 1.82) is 0 Å². The van der Waals surface area contributed by atoms with E-state index in [9.17, 15) is 9.59 Å². The zero-order valence-corrected chi connectivity index (χ0v) is 17.6. The Morgan fingerprint density at radius 3 is 2.06 bits per heavy atom. The predicted molar refractivity (Wildman–Crippen MR) is 120 cm³/mol. The van der Waals surface area contributed by atoms with Crippen molar-refractivity contribution in [2.45, 2.75) is 18.6 Å². The molecule has 1 aliphatic heterocycles. The molecule has 5 rings (SSSR count). The molecule has 2 amide bonds. The van der Waals surface area contributed by atoms with Gasteiger partial charge in [-0.15, -0.1) is 0 Å². The third-order valence-corrected chi connectivity index (χ3v) is 6.01. The van der Waals surface area contributed by atoms with Gasteiger partial charge in [0.1, 0.15) is 13.2 Å². The zero-order chi connectivity index (χ0) is 21.9. The van der Waals surface area contributed by atoms with Crippen LogP contribution < -0.4 is 5.32 Å². The third kappa shape index (κ3) is 4.04. The number of hydrogen-bond donors (Lipinski definition) is 1. The number of rotatable bonds is 5. The maximum Gasteiger partial charge on any atom is 0.409 e. The van der Waals surface area contributed by atoms with Crippen LogP contribution >= 0.6 is 0 Å². The lowest BCUT2D eigenvalue weighted by atomic mass is 9.98. The standard InChI is InChI=1S/C26H24N2O4/c29-25(31-16-18-8-2-1-3-9-18)27-19-14-28(15-19)26(30)32-17-24-22-12-6-4-10-20(22)21-11-5-7-13-23(21)24/h1-13,19,24H,14-17H2,(H,27,29). The molecular formula is C26H24N2O4. The molecule has 0 bridgehead atoms. The van der Waals surface area contributed by atoms with Gasteiger partial charge in [-0.05, 0) is 27.8 Å². The molecule has 0 radical (unpaired) electrons. The molecule has 6 heteroatoms. The van der Waals surface area contributed by atoms with E-state index in [0.29, 0.717) is 19.7 Å². The summed E-state index contributed by atoms with van der Waals surface area (Å²) < 4.78 is 10.9. The van der Waals surface area contributed by atoms with Crippen molar-refractivity contribution < 1.29 is 19.1 Å². The van der Waals surface area contributed by atoms with Gasteiger partial charge >= 0.3 is 12.2 Å². The Labute approximate surface area is 186 Å². The molecule has 2 aliphatic rings. The number of carbonyl (C=O) groups is 2. The van der Waals surface area contributed by atoms with Gasteiger partial charge in [0.2, 0.25) is 0 Å². The smallest absolute Gasteiger partial charge is 0.409 e. The number of amides is 2. The molecule has 0 aromatic heterocycles. The van der Waals surface area contributed by atoms with Gasteiger partial charge in [0.25, 0.3) is 0 Å². The van der Waals surface area contributed by atoms with Gasteiger partial charge in [-0.25, -0.2) is 9.59 Å². The summed E-state index contributed by atoms with van der Waals surface area (Å²) in [6.07, 6.45) is -0.839. The van der Waals surface area contributed by atoms with Crippen LogP contribution in [0.1, 0.15) is 22.6 Å². The molecule has 6 nitrogen and oxygen atoms in total. The first-order chi connectivity index (χ1) is 15.7. The molecule has 32 heavy (non-hydrogen) atoms. The highest BCUT2D eigenvalue weighted by atomic mass is 16.6. The summed E-state index contributed by atoms with van der Waals surface area (Å²) in [6, 6.07) is 25.9. The summed E-state index contributed by atoms with van der Waals surface area (Å²) in [6.45, 7) is 1.34. The molecule has 162 valence electrons. The van der Waals surface area contributed by atoms with Crippen LogP contribution in [0.25, 0.3) is 11.1 Å². The van der Waals surface area contributed by atoms with Gasteiger partial charge in [-0.1, -0.05) is 78.9 Å². The quantitative estimate of drug-likeness (QED) is 0.648. The first kappa shape index (κ1) is 20.1. The van der Waals surface area contributed by atoms with E-state index in [4.69, 9.17) is 9.47 Å². The topological polar surface area (TPSA) is 67.9 Å². The molecule has 3 aromatic carbocycles. The Morgan fingerprint density at radius 1 is 0.812 bits per heavy atom. The van der Waals surface area contributed by atoms with E-state index in [1.165, 1.54) is 22.3 Å². The summed E-state index contributed by atoms with van der Waals surface area (Å²) >= 11 is 0. The summed E-state index contributed by atoms with van der Waals surface area (Å²) in [5.41, 5.74) is 5.70. The number of likely N-dealkylation sites (tertiary alicyclic amines) is 1. The van der Waals surface area contributed by atoms with Crippen molar-refractivity contribution in [3.8, 4) is 11.1 Å². The van der Waals surface area contributed by atoms with Crippen LogP contribution in [-0.2, 0) is 16.1 Å². The lowest BCUT2D eigenvalue weighted by Gasteiger charge is -2.38. The highest BCUT2D eigenvalue weighted by Crippen LogP contribution is 2.44. The largest absolute Gasteiger partial charge is 0.448 e. The number of alkyl carbamates (subject to hydrolysis) is 1. The Balaban J connectivity index is 1.09. The summed E-state index contributed by atoms with van der Waals surface area (Å²) in [7, 11) is 0. The molecule has 1 N–H and O–H groups in total. The van der Waals surface area contributed by atoms with Crippen molar-refractivity contribution in [3.05, 3.63) is 95.6 Å². The molecule has 1 saturated heterocycles. The van der Waals surface area contributed by atoms with Crippen molar-refractivity contribution in [2.24, 2.45) is 0 Å². The van der Waals surface area contributed by atoms with Gasteiger partial charge in [0.05, 0.1) is 6.04 Å². The van der Waals surface area contributed by atoms with Crippen LogP contribution in [0.3, 0.4) is 0 Å². The molecule has 3 aromatic rings. The second-order valence-electron chi connectivity index (χ2n) is 8.11. The molecular weight excluding hydrogens is 404 g/mol. The van der Waals surface area contributed by atoms with E-state index >= 15 is 0 Å². The number of fused-ring (bicyclic) bond motifs is 3. The monoisotopic (exact) mass is 428 g/mol. The first-order valence-corrected chi connectivity index (χ1v) is 10.8. The molecule has 1 aliphatic carbocycles. The number of carbonyl (C=O) groups excluding carboxylic acids is 2. The summed E-state index contributed by atoms with van der Waals surface area (Å²) in [5.74, 6) is 0.0366. The number of hydrogen-bond acceptors (Lipinski definition) is 4. The van der Waals surface area contributed by atoms with Crippen molar-refractivity contribution in [3.63, 3.8) is 0 Å². The fourth-order valence-electron chi connectivity index (χ4n) is 4.34. The van der Waals surface area contributed by atoms with E-state index in [-0.39, 0.29) is 24.7 Å². The number of benzene rings is 3. The van der Waals surface area contributed by atoms with Gasteiger partial charge in [-0.3, -0.25) is 0 Å². The van der Waals surface area contributed by atoms with Crippen LogP contribution in [0.2, 0.25) is 0 Å². The minimum Gasteiger partial charge on any atom is -0.448 e. The van der Waals surface area contributed by atoms with Gasteiger partial charge in [-0.2, -0.15) is 0 Å². The van der Waals surface area contributed by atoms with E-state index in [2.05, 4.69) is 29.6 Å². The maximum absolute atomic E-state index is 12.5. The maximum atomic E-state index is 12.5. The molecule has 1 heterocycles. The van der Waals surface area contributed by atoms with Crippen molar-refractivity contribution >= 4 is 12.2 Å². The lowest BCUT2D eigenvalue weighted by molar-refractivity contribution is 0.0593. The highest BCUT2D eigenvalue weighted by molar-refractivity contribution is 5.79. The molecule has 0 spiro atoms. The third-order valence-electron chi connectivity index (χ3n) is 6.01. The van der Waals surface area contributed by atoms with Crippen LogP contribution in [0.4, 0.5) is 9.59 Å². The second-order valence-corrected chi connectivity index (χ2v) is 8.11. The van der Waals surface area contributed by atoms with Gasteiger partial charge in [0.15, 0.2) is 0 Å². The normalized spacial score (nSPS) is 14.8. The average Bonchev–Trinajstić information content (AvgIpc) is 3.13. The molecule has 1 fully saturated rings. The number of nitrogens with zero attached hydrogens (tertiary/aromatic N) is 1. The van der Waals surface area contributed by atoms with Crippen molar-refractivity contribution in [2.75, 3.05) is 19.7 Å². The van der Waals surface area contributed by atoms with Gasteiger partial charge in [0, 0.05) is 19.0 Å². The SMILES string of the molecule is O=C(NC1CN(C(=O)OCC2c3ccccc3-c3ccccc32)C1)OCc1ccccc1. The fraction of sp³-hybridized carbons (Fsp3) is 0.231. The summed E-state index contributed by atoms with van der Waals surface area (Å²) in [5, 5.41) is 2.78. The van der Waals surface area contributed by atoms with Crippen LogP contribution in [0.15, 0.2) is 78.9 Å². The van der Waals surface area contributed by atoms with Crippen LogP contribution in [-0.4, -0.2) is 42.8 Å². The van der Waals surface area contributed by atoms with E-state index < -0.39 is 6.09 Å². The van der Waals surface area contributed by atoms with Crippen LogP contribution in [0.5, 0.6) is 0 Å². The molecule has 0 saturated carbocycles. The fourth-order valence-corrected chi connectivity index (χ4v) is 4.34. The van der Waals surface area contributed by atoms with E-state index in [1.807, 2.05) is 54.6 Å². The van der Waals surface area contributed by atoms with Crippen LogP contribution in [0, 0.1) is 0 Å². The second kappa shape index (κ2) is 8.75. The lowest BCUT2D eigenvalue weighted by Crippen LogP contribution is -2.61. The minimum atomic E-state index is -0.481.